The molecule has 0 saturated carbocycles. The van der Waals surface area contributed by atoms with E-state index in [0.29, 0.717) is 18.8 Å². The van der Waals surface area contributed by atoms with Gasteiger partial charge in [0, 0.05) is 31.4 Å². The Kier molecular flexibility index (Phi) is 8.66. The number of aromatic nitrogens is 2. The van der Waals surface area contributed by atoms with Gasteiger partial charge in [-0.1, -0.05) is 27.7 Å². The van der Waals surface area contributed by atoms with Gasteiger partial charge in [0.15, 0.2) is 8.32 Å². The van der Waals surface area contributed by atoms with Crippen LogP contribution >= 0.6 is 9.47 Å². The number of amides is 1. The van der Waals surface area contributed by atoms with E-state index in [-0.39, 0.29) is 29.9 Å². The second-order valence-corrected chi connectivity index (χ2v) is 14.6. The zero-order chi connectivity index (χ0) is 25.2. The third kappa shape index (κ3) is 4.99. The maximum Gasteiger partial charge on any atom is 0.357 e. The van der Waals surface area contributed by atoms with Crippen LogP contribution in [0.4, 0.5) is 0 Å². The molecule has 0 spiro atoms. The highest BCUT2D eigenvalue weighted by molar-refractivity contribution is 7.10. The number of aryl methyl sites for hydroxylation is 1. The maximum absolute atomic E-state index is 13.3. The Balaban J connectivity index is 1.81. The molecule has 1 fully saturated rings. The van der Waals surface area contributed by atoms with E-state index >= 15 is 0 Å². The third-order valence-corrected chi connectivity index (χ3v) is 12.6. The first-order valence-electron chi connectivity index (χ1n) is 12.2. The zero-order valence-electron chi connectivity index (χ0n) is 21.5. The number of carbonyl (C=O) groups excluding carboxylic acids is 2. The molecule has 10 heteroatoms. The minimum absolute atomic E-state index is 0.0281. The predicted molar refractivity (Wildman–Crippen MR) is 137 cm³/mol. The van der Waals surface area contributed by atoms with Crippen molar-refractivity contribution in [3.8, 4) is 0 Å². The molecule has 5 atom stereocenters. The van der Waals surface area contributed by atoms with Crippen molar-refractivity contribution in [2.75, 3.05) is 13.6 Å². The van der Waals surface area contributed by atoms with Crippen LogP contribution in [0.2, 0.25) is 18.1 Å². The fraction of sp³-hybridized carbons (Fsp3) is 0.667. The van der Waals surface area contributed by atoms with Gasteiger partial charge in [-0.3, -0.25) is 19.7 Å². The first-order valence-corrected chi connectivity index (χ1v) is 15.2. The summed E-state index contributed by atoms with van der Waals surface area (Å²) in [6.45, 7) is 13.7. The van der Waals surface area contributed by atoms with Crippen molar-refractivity contribution in [3.05, 3.63) is 35.1 Å². The Hall–Kier alpha value is -1.67. The van der Waals surface area contributed by atoms with Crippen LogP contribution in [0.15, 0.2) is 23.7 Å². The Morgan fingerprint density at radius 1 is 1.21 bits per heavy atom. The number of fused-ring (bicyclic) bond motifs is 1. The summed E-state index contributed by atoms with van der Waals surface area (Å²) >= 11 is 0. The minimum atomic E-state index is -1.86. The van der Waals surface area contributed by atoms with E-state index in [1.54, 1.807) is 17.3 Å². The number of β-lactam (4-membered cyclic amide) rings is 1. The van der Waals surface area contributed by atoms with Crippen molar-refractivity contribution in [1.82, 2.24) is 19.8 Å². The number of likely N-dealkylation sites (N-methyl/N-ethyl adjacent to an activating group) is 1. The van der Waals surface area contributed by atoms with E-state index in [4.69, 9.17) is 8.95 Å². The first-order chi connectivity index (χ1) is 16.1. The molecule has 1 saturated heterocycles. The molecule has 0 aromatic carbocycles. The summed E-state index contributed by atoms with van der Waals surface area (Å²) in [5, 5.41) is 0. The van der Waals surface area contributed by atoms with Crippen LogP contribution in [-0.4, -0.2) is 65.7 Å². The van der Waals surface area contributed by atoms with Crippen LogP contribution < -0.4 is 0 Å². The Morgan fingerprint density at radius 3 is 2.38 bits per heavy atom. The lowest BCUT2D eigenvalue weighted by atomic mass is 9.77. The average molecular weight is 507 g/mol. The quantitative estimate of drug-likeness (QED) is 0.257. The first kappa shape index (κ1) is 26.9. The van der Waals surface area contributed by atoms with Crippen molar-refractivity contribution in [1.29, 1.82) is 0 Å². The highest BCUT2D eigenvalue weighted by Gasteiger charge is 2.60. The smallest absolute Gasteiger partial charge is 0.357 e. The predicted octanol–water partition coefficient (Wildman–Crippen LogP) is 3.69. The Morgan fingerprint density at radius 2 is 1.85 bits per heavy atom. The summed E-state index contributed by atoms with van der Waals surface area (Å²) in [4.78, 5) is 38.6. The molecule has 2 aliphatic heterocycles. The van der Waals surface area contributed by atoms with Gasteiger partial charge < -0.3 is 13.8 Å². The topological polar surface area (TPSA) is 84.9 Å². The van der Waals surface area contributed by atoms with E-state index < -0.39 is 14.3 Å². The molecular formula is C24H39N4O4PSi. The lowest BCUT2D eigenvalue weighted by Gasteiger charge is -2.49. The molecule has 188 valence electrons. The van der Waals surface area contributed by atoms with Crippen molar-refractivity contribution < 1.29 is 18.5 Å². The van der Waals surface area contributed by atoms with E-state index in [1.165, 1.54) is 0 Å². The van der Waals surface area contributed by atoms with Crippen molar-refractivity contribution in [3.63, 3.8) is 0 Å². The standard InChI is InChI=1S/C24H39N4O4PSi/c1-8-34(9-2,10-3)32-17(6)20-21-16(5)19(22(24(30)31-33)28(21)23(20)29)14-27(7)13-18-12-25-15(4)11-26-18/h11-12,16-17,20-21H,8-10,13-14,33H2,1-7H3/t16-,17+,20+,21+/m0/s1. The largest absolute Gasteiger partial charge is 0.447 e. The summed E-state index contributed by atoms with van der Waals surface area (Å²) in [6.07, 6.45) is 3.35. The van der Waals surface area contributed by atoms with E-state index in [1.807, 2.05) is 30.4 Å². The zero-order valence-corrected chi connectivity index (χ0v) is 23.7. The molecule has 1 aromatic rings. The molecule has 1 amide bonds. The molecule has 0 bridgehead atoms. The average Bonchev–Trinajstić information content (AvgIpc) is 3.06. The van der Waals surface area contributed by atoms with E-state index in [9.17, 15) is 9.59 Å². The molecule has 0 aliphatic carbocycles. The van der Waals surface area contributed by atoms with Crippen molar-refractivity contribution in [2.24, 2.45) is 11.8 Å². The highest BCUT2D eigenvalue weighted by Crippen LogP contribution is 2.48. The normalized spacial score (nSPS) is 23.3. The third-order valence-electron chi connectivity index (χ3n) is 7.68. The lowest BCUT2D eigenvalue weighted by molar-refractivity contribution is -0.161. The summed E-state index contributed by atoms with van der Waals surface area (Å²) < 4.78 is 11.7. The van der Waals surface area contributed by atoms with Crippen molar-refractivity contribution in [2.45, 2.75) is 78.4 Å². The molecule has 0 N–H and O–H groups in total. The van der Waals surface area contributed by atoms with Crippen LogP contribution in [0, 0.1) is 18.8 Å². The number of rotatable bonds is 11. The summed E-state index contributed by atoms with van der Waals surface area (Å²) in [7, 11) is 2.14. The van der Waals surface area contributed by atoms with Gasteiger partial charge in [0.2, 0.25) is 5.91 Å². The summed E-state index contributed by atoms with van der Waals surface area (Å²) in [5.74, 6) is -0.745. The van der Waals surface area contributed by atoms with Crippen molar-refractivity contribution >= 4 is 29.7 Å². The number of hydrogen-bond donors (Lipinski definition) is 0. The maximum atomic E-state index is 13.3. The van der Waals surface area contributed by atoms with Crippen LogP contribution in [0.1, 0.15) is 46.0 Å². The van der Waals surface area contributed by atoms with E-state index in [0.717, 1.165) is 35.1 Å². The van der Waals surface area contributed by atoms with Gasteiger partial charge in [-0.25, -0.2) is 4.79 Å². The fourth-order valence-corrected chi connectivity index (χ4v) is 8.52. The molecular weight excluding hydrogens is 467 g/mol. The molecule has 1 unspecified atom stereocenters. The SMILES string of the molecule is CC[Si](CC)(CC)O[C@H](C)[C@H]1C(=O)N2C(C(=O)OP)=C(CN(C)Cc3cnc(C)cn3)[C@H](C)[C@H]12. The fourth-order valence-electron chi connectivity index (χ4n) is 5.48. The Labute approximate surface area is 206 Å². The van der Waals surface area contributed by atoms with Crippen LogP contribution in [0.25, 0.3) is 0 Å². The molecule has 34 heavy (non-hydrogen) atoms. The monoisotopic (exact) mass is 506 g/mol. The number of carbonyl (C=O) groups is 2. The second kappa shape index (κ2) is 10.9. The molecule has 8 nitrogen and oxygen atoms in total. The molecule has 1 aromatic heterocycles. The van der Waals surface area contributed by atoms with Gasteiger partial charge in [-0.05, 0) is 44.6 Å². The van der Waals surface area contributed by atoms with Gasteiger partial charge in [-0.2, -0.15) is 0 Å². The molecule has 3 rings (SSSR count). The Bertz CT molecular complexity index is 929. The van der Waals surface area contributed by atoms with Gasteiger partial charge in [0.1, 0.15) is 5.70 Å². The molecule has 0 radical (unpaired) electrons. The van der Waals surface area contributed by atoms with Crippen LogP contribution in [-0.2, 0) is 25.1 Å². The van der Waals surface area contributed by atoms with Gasteiger partial charge in [0.05, 0.1) is 38.9 Å². The number of nitrogens with zero attached hydrogens (tertiary/aromatic N) is 4. The summed E-state index contributed by atoms with van der Waals surface area (Å²) in [6, 6.07) is 3.03. The highest BCUT2D eigenvalue weighted by atomic mass is 31.0. The van der Waals surface area contributed by atoms with E-state index in [2.05, 4.69) is 42.6 Å². The lowest BCUT2D eigenvalue weighted by Crippen LogP contribution is -2.65. The van der Waals surface area contributed by atoms with Gasteiger partial charge in [-0.15, -0.1) is 0 Å². The van der Waals surface area contributed by atoms with Crippen LogP contribution in [0.5, 0.6) is 0 Å². The summed E-state index contributed by atoms with van der Waals surface area (Å²) in [5.41, 5.74) is 3.03. The van der Waals surface area contributed by atoms with Gasteiger partial charge >= 0.3 is 5.97 Å². The molecule has 2 aliphatic rings. The minimum Gasteiger partial charge on any atom is -0.447 e. The van der Waals surface area contributed by atoms with Crippen LogP contribution in [0.3, 0.4) is 0 Å². The van der Waals surface area contributed by atoms with Gasteiger partial charge in [0.25, 0.3) is 0 Å². The molecule has 3 heterocycles. The number of hydrogen-bond acceptors (Lipinski definition) is 7. The second-order valence-electron chi connectivity index (χ2n) is 9.68.